The fraction of sp³-hybridized carbons (Fsp3) is 0.733. The Kier molecular flexibility index (Phi) is 29.4. The van der Waals surface area contributed by atoms with Crippen LogP contribution in [0.4, 0.5) is 0 Å². The number of carboxylic acids is 2. The molecule has 9 amide bonds. The molecule has 0 aliphatic rings. The third kappa shape index (κ3) is 26.0. The highest BCUT2D eigenvalue weighted by Crippen LogP contribution is 2.12. The monoisotopic (exact) mass is 1030 g/mol. The average molecular weight is 1030 g/mol. The van der Waals surface area contributed by atoms with Crippen molar-refractivity contribution in [1.82, 2.24) is 42.5 Å². The molecule has 0 aromatic carbocycles. The van der Waals surface area contributed by atoms with Gasteiger partial charge in [0.1, 0.15) is 48.3 Å². The van der Waals surface area contributed by atoms with E-state index in [0.29, 0.717) is 0 Å². The molecule has 0 heterocycles. The number of guanidine groups is 1. The largest absolute Gasteiger partial charge is 0.481 e. The van der Waals surface area contributed by atoms with Gasteiger partial charge >= 0.3 is 11.9 Å². The van der Waals surface area contributed by atoms with Gasteiger partial charge in [-0.05, 0) is 76.0 Å². The van der Waals surface area contributed by atoms with Gasteiger partial charge < -0.3 is 80.8 Å². The molecule has 19 N–H and O–H groups in total. The van der Waals surface area contributed by atoms with E-state index in [-0.39, 0.29) is 68.3 Å². The molecule has 0 aliphatic carbocycles. The Labute approximate surface area is 420 Å². The molecule has 410 valence electrons. The summed E-state index contributed by atoms with van der Waals surface area (Å²) in [6, 6.07) is -12.9. The normalized spacial score (nSPS) is 15.4. The Morgan fingerprint density at radius 3 is 1.33 bits per heavy atom. The van der Waals surface area contributed by atoms with Crippen molar-refractivity contribution in [3.8, 4) is 0 Å². The molecule has 0 radical (unpaired) electrons. The summed E-state index contributed by atoms with van der Waals surface area (Å²) in [5.41, 5.74) is 22.2. The average Bonchev–Trinajstić information content (AvgIpc) is 3.25. The highest BCUT2D eigenvalue weighted by molar-refractivity contribution is 5.99. The van der Waals surface area contributed by atoms with E-state index in [1.807, 2.05) is 0 Å². The van der Waals surface area contributed by atoms with Crippen LogP contribution in [0.3, 0.4) is 0 Å². The fourth-order valence-electron chi connectivity index (χ4n) is 6.80. The summed E-state index contributed by atoms with van der Waals surface area (Å²) in [7, 11) is 0. The van der Waals surface area contributed by atoms with Gasteiger partial charge in [-0.25, -0.2) is 4.79 Å². The second kappa shape index (κ2) is 32.4. The Balaban J connectivity index is 6.44. The predicted molar refractivity (Wildman–Crippen MR) is 262 cm³/mol. The van der Waals surface area contributed by atoms with Crippen molar-refractivity contribution >= 4 is 71.1 Å². The van der Waals surface area contributed by atoms with E-state index in [9.17, 15) is 68.1 Å². The molecule has 0 saturated carbocycles. The maximum atomic E-state index is 13.8. The molecule has 0 aromatic rings. The molecule has 27 heteroatoms. The molecule has 0 aromatic heterocycles. The molecule has 0 spiro atoms. The lowest BCUT2D eigenvalue weighted by Gasteiger charge is -2.28. The van der Waals surface area contributed by atoms with Gasteiger partial charge in [0.2, 0.25) is 53.2 Å². The number of rotatable bonds is 34. The highest BCUT2D eigenvalue weighted by atomic mass is 16.4. The van der Waals surface area contributed by atoms with E-state index in [1.54, 1.807) is 55.4 Å². The number of hydrogen-bond donors (Lipinski definition) is 15. The van der Waals surface area contributed by atoms with Crippen molar-refractivity contribution in [2.75, 3.05) is 6.54 Å². The lowest BCUT2D eigenvalue weighted by atomic mass is 9.99. The van der Waals surface area contributed by atoms with Crippen molar-refractivity contribution in [2.24, 2.45) is 51.6 Å². The quantitative estimate of drug-likeness (QED) is 0.0167. The lowest BCUT2D eigenvalue weighted by molar-refractivity contribution is -0.143. The summed E-state index contributed by atoms with van der Waals surface area (Å²) < 4.78 is 0. The SMILES string of the molecule is CC(C)C[C@H](NC(=O)[C@H](CCCN=C(N)N)NC(=O)[C@@H](NC(=O)[C@H](C)NC(=O)[C@H](CC(C)C)NC(=O)[C@H](CC(N)=O)NC(=O)[C@H](CCC(=O)O)NC(=O)[C@H](CC(C)C)NC(=O)[C@@H](N)C(C)C)[C@@H](C)O)C(=O)O. The van der Waals surface area contributed by atoms with E-state index in [0.717, 1.165) is 6.92 Å². The number of primary amides is 1. The molecule has 72 heavy (non-hydrogen) atoms. The zero-order valence-corrected chi connectivity index (χ0v) is 43.0. The summed E-state index contributed by atoms with van der Waals surface area (Å²) in [6.45, 7) is 16.2. The lowest BCUT2D eigenvalue weighted by Crippen LogP contribution is -2.61. The van der Waals surface area contributed by atoms with Crippen molar-refractivity contribution in [2.45, 2.75) is 181 Å². The number of aliphatic hydroxyl groups is 1. The summed E-state index contributed by atoms with van der Waals surface area (Å²) in [5.74, 6) is -12.5. The van der Waals surface area contributed by atoms with Crippen LogP contribution in [-0.2, 0) is 52.7 Å². The standard InChI is InChI=1S/C45H81N13O14/c1-20(2)16-28(54-41(68)30(19-32(46)60)55-38(65)27(13-14-33(61)62)52-40(67)29(17-21(3)4)56-42(69)34(47)23(7)8)39(66)51-24(9)36(63)58-35(25(10)59)43(70)53-26(12-11-15-50-45(48)49)37(64)57-31(44(71)72)18-22(5)6/h20-31,34-35,59H,11-19,47H2,1-10H3,(H2,46,60)(H,51,66)(H,52,67)(H,53,70)(H,54,68)(H,55,65)(H,56,69)(H,57,64)(H,58,63)(H,61,62)(H,71,72)(H4,48,49,50)/t24-,25+,26-,27-,28-,29-,30-,31-,34-,35-/m0/s1. The molecule has 0 fully saturated rings. The van der Waals surface area contributed by atoms with Gasteiger partial charge in [0.15, 0.2) is 5.96 Å². The summed E-state index contributed by atoms with van der Waals surface area (Å²) in [6.07, 6.45) is -3.43. The van der Waals surface area contributed by atoms with E-state index in [1.165, 1.54) is 6.92 Å². The second-order valence-corrected chi connectivity index (χ2v) is 19.4. The zero-order valence-electron chi connectivity index (χ0n) is 43.0. The van der Waals surface area contributed by atoms with Crippen LogP contribution >= 0.6 is 0 Å². The van der Waals surface area contributed by atoms with Crippen LogP contribution in [0.2, 0.25) is 0 Å². The number of hydrogen-bond acceptors (Lipinski definition) is 14. The van der Waals surface area contributed by atoms with Crippen LogP contribution in [0, 0.1) is 23.7 Å². The first-order valence-electron chi connectivity index (χ1n) is 23.9. The molecule has 0 saturated heterocycles. The van der Waals surface area contributed by atoms with E-state index in [2.05, 4.69) is 47.5 Å². The topological polar surface area (TPSA) is 461 Å². The molecule has 27 nitrogen and oxygen atoms in total. The van der Waals surface area contributed by atoms with E-state index in [4.69, 9.17) is 22.9 Å². The minimum absolute atomic E-state index is 0.0366. The Hall–Kier alpha value is -6.64. The first-order valence-corrected chi connectivity index (χ1v) is 23.9. The second-order valence-electron chi connectivity index (χ2n) is 19.4. The Bertz CT molecular complexity index is 1910. The Morgan fingerprint density at radius 1 is 0.486 bits per heavy atom. The van der Waals surface area contributed by atoms with Gasteiger partial charge in [0.25, 0.3) is 0 Å². The predicted octanol–water partition coefficient (Wildman–Crippen LogP) is -3.73. The molecule has 0 aliphatic heterocycles. The maximum Gasteiger partial charge on any atom is 0.326 e. The fourth-order valence-corrected chi connectivity index (χ4v) is 6.80. The number of aliphatic imine (C=N–C) groups is 1. The van der Waals surface area contributed by atoms with Crippen LogP contribution in [0.25, 0.3) is 0 Å². The minimum Gasteiger partial charge on any atom is -0.481 e. The number of aliphatic hydroxyl groups excluding tert-OH is 1. The van der Waals surface area contributed by atoms with E-state index >= 15 is 0 Å². The number of nitrogens with zero attached hydrogens (tertiary/aromatic N) is 1. The van der Waals surface area contributed by atoms with Crippen molar-refractivity contribution in [3.63, 3.8) is 0 Å². The van der Waals surface area contributed by atoms with Crippen LogP contribution in [-0.4, -0.2) is 153 Å². The van der Waals surface area contributed by atoms with Crippen LogP contribution < -0.4 is 65.5 Å². The molecule has 0 rings (SSSR count). The third-order valence-electron chi connectivity index (χ3n) is 10.7. The number of nitrogens with two attached hydrogens (primary N) is 4. The number of carbonyl (C=O) groups excluding carboxylic acids is 9. The van der Waals surface area contributed by atoms with Gasteiger partial charge in [-0.15, -0.1) is 0 Å². The van der Waals surface area contributed by atoms with Crippen molar-refractivity contribution in [1.29, 1.82) is 0 Å². The van der Waals surface area contributed by atoms with Crippen LogP contribution in [0.5, 0.6) is 0 Å². The molecule has 10 atom stereocenters. The van der Waals surface area contributed by atoms with Crippen LogP contribution in [0.1, 0.15) is 121 Å². The molecular formula is C45H81N13O14. The van der Waals surface area contributed by atoms with Crippen LogP contribution in [0.15, 0.2) is 4.99 Å². The zero-order chi connectivity index (χ0) is 55.7. The third-order valence-corrected chi connectivity index (χ3v) is 10.7. The number of aliphatic carboxylic acids is 2. The number of carboxylic acid groups (broad SMARTS) is 2. The molecule has 0 unspecified atom stereocenters. The number of carbonyl (C=O) groups is 11. The first-order chi connectivity index (χ1) is 33.3. The van der Waals surface area contributed by atoms with Crippen molar-refractivity contribution < 1.29 is 68.1 Å². The maximum absolute atomic E-state index is 13.8. The summed E-state index contributed by atoms with van der Waals surface area (Å²) in [5, 5.41) is 49.0. The Morgan fingerprint density at radius 2 is 0.889 bits per heavy atom. The number of nitrogens with one attached hydrogen (secondary N) is 8. The van der Waals surface area contributed by atoms with Gasteiger partial charge in [-0.1, -0.05) is 55.4 Å². The van der Waals surface area contributed by atoms with Gasteiger partial charge in [-0.3, -0.25) is 52.9 Å². The van der Waals surface area contributed by atoms with E-state index < -0.39 is 145 Å². The van der Waals surface area contributed by atoms with Gasteiger partial charge in [0.05, 0.1) is 18.6 Å². The van der Waals surface area contributed by atoms with Gasteiger partial charge in [-0.2, -0.15) is 0 Å². The summed E-state index contributed by atoms with van der Waals surface area (Å²) >= 11 is 0. The number of amides is 9. The van der Waals surface area contributed by atoms with Gasteiger partial charge in [0, 0.05) is 13.0 Å². The minimum atomic E-state index is -1.79. The highest BCUT2D eigenvalue weighted by Gasteiger charge is 2.36. The smallest absolute Gasteiger partial charge is 0.326 e. The molecular weight excluding hydrogens is 947 g/mol. The van der Waals surface area contributed by atoms with Crippen molar-refractivity contribution in [3.05, 3.63) is 0 Å². The first kappa shape index (κ1) is 65.4. The molecule has 0 bridgehead atoms. The summed E-state index contributed by atoms with van der Waals surface area (Å²) in [4.78, 5) is 148.